The third kappa shape index (κ3) is 8.15. The van der Waals surface area contributed by atoms with Crippen LogP contribution >= 0.6 is 0 Å². The van der Waals surface area contributed by atoms with E-state index in [0.29, 0.717) is 25.4 Å². The maximum absolute atomic E-state index is 13.2. The van der Waals surface area contributed by atoms with Crippen molar-refractivity contribution >= 4 is 41.0 Å². The molecule has 158 valence electrons. The fraction of sp³-hybridized carbons (Fsp3) is 0.500. The molecule has 6 radical (unpaired) electrons. The monoisotopic (exact) mass is 415 g/mol. The summed E-state index contributed by atoms with van der Waals surface area (Å²) in [6.45, 7) is 7.81. The fourth-order valence-corrected chi connectivity index (χ4v) is 3.18. The molecule has 11 heteroatoms. The van der Waals surface area contributed by atoms with Crippen molar-refractivity contribution in [1.82, 2.24) is 14.7 Å². The van der Waals surface area contributed by atoms with Crippen LogP contribution in [0.1, 0.15) is 13.3 Å². The first-order valence-corrected chi connectivity index (χ1v) is 10.6. The molecule has 1 aliphatic rings. The summed E-state index contributed by atoms with van der Waals surface area (Å²) in [7, 11) is 16.1. The van der Waals surface area contributed by atoms with Crippen LogP contribution in [0.4, 0.5) is 11.4 Å². The molecule has 1 aliphatic heterocycles. The topological polar surface area (TPSA) is 62.6 Å². The van der Waals surface area contributed by atoms with Crippen LogP contribution in [0.5, 0.6) is 0 Å². The minimum Gasteiger partial charge on any atom is -0.382 e. The van der Waals surface area contributed by atoms with E-state index in [0.717, 1.165) is 44.0 Å². The highest BCUT2D eigenvalue weighted by atomic mass is 16.5. The van der Waals surface area contributed by atoms with Gasteiger partial charge >= 0.3 is 0 Å². The Balaban J connectivity index is 0.000000785. The number of nitrogens with one attached hydrogen (secondary N) is 1. The summed E-state index contributed by atoms with van der Waals surface area (Å²) in [5.74, 6) is 0. The Morgan fingerprint density at radius 1 is 1.13 bits per heavy atom. The number of anilines is 2. The number of piperazine rings is 1. The van der Waals surface area contributed by atoms with E-state index in [1.807, 2.05) is 43.5 Å². The van der Waals surface area contributed by atoms with E-state index in [1.165, 1.54) is 4.68 Å². The van der Waals surface area contributed by atoms with Crippen LogP contribution in [0.2, 0.25) is 0 Å². The number of para-hydroxylation sites is 1. The lowest BCUT2D eigenvalue weighted by Crippen LogP contribution is -2.45. The molecule has 0 amide bonds. The first-order chi connectivity index (χ1) is 14.9. The number of hydrogen-bond donors (Lipinski definition) is 1. The summed E-state index contributed by atoms with van der Waals surface area (Å²) in [6, 6.07) is 9.53. The van der Waals surface area contributed by atoms with Crippen LogP contribution < -0.4 is 15.8 Å². The molecular weight excluding hydrogens is 386 g/mol. The molecule has 0 unspecified atom stereocenters. The molecular formula is C20H29B4N5O2. The normalized spacial score (nSPS) is 13.9. The number of benzene rings is 1. The average Bonchev–Trinajstić information content (AvgIpc) is 2.75. The van der Waals surface area contributed by atoms with Crippen molar-refractivity contribution in [3.8, 4) is 5.69 Å². The predicted octanol–water partition coefficient (Wildman–Crippen LogP) is 0.300. The fourth-order valence-electron chi connectivity index (χ4n) is 3.18. The number of ether oxygens (including phenoxy) is 1. The van der Waals surface area contributed by atoms with Gasteiger partial charge in [-0.15, -0.1) is 0 Å². The Kier molecular flexibility index (Phi) is 10.8. The molecule has 7 nitrogen and oxygen atoms in total. The minimum atomic E-state index is -0.667. The van der Waals surface area contributed by atoms with Gasteiger partial charge in [-0.05, 0) is 32.5 Å². The number of likely N-dealkylation sites (N-methyl/N-ethyl adjacent to an activating group) is 1. The van der Waals surface area contributed by atoms with Crippen molar-refractivity contribution in [2.45, 2.75) is 13.3 Å². The SMILES string of the molecule is CCOCCCNc1c(N2CCN(C)CC2)cnn(-c2ccccc2)c1=O.[B]B([B])[B]. The molecule has 2 heterocycles. The highest BCUT2D eigenvalue weighted by Gasteiger charge is 2.21. The molecule has 1 aromatic heterocycles. The zero-order valence-corrected chi connectivity index (χ0v) is 18.5. The molecule has 3 rings (SSSR count). The Bertz CT molecular complexity index is 827. The van der Waals surface area contributed by atoms with E-state index in [2.05, 4.69) is 50.5 Å². The highest BCUT2D eigenvalue weighted by molar-refractivity contribution is 7.49. The Labute approximate surface area is 189 Å². The summed E-state index contributed by atoms with van der Waals surface area (Å²) >= 11 is 0. The van der Waals surface area contributed by atoms with E-state index in [-0.39, 0.29) is 5.56 Å². The number of rotatable bonds is 8. The maximum atomic E-state index is 13.2. The predicted molar refractivity (Wildman–Crippen MR) is 132 cm³/mol. The van der Waals surface area contributed by atoms with Gasteiger partial charge < -0.3 is 19.9 Å². The van der Waals surface area contributed by atoms with Gasteiger partial charge in [0.15, 0.2) is 0 Å². The van der Waals surface area contributed by atoms with Gasteiger partial charge in [0.05, 0.1) is 17.6 Å². The van der Waals surface area contributed by atoms with Gasteiger partial charge in [0.25, 0.3) is 5.56 Å². The molecule has 0 atom stereocenters. The lowest BCUT2D eigenvalue weighted by molar-refractivity contribution is 0.147. The van der Waals surface area contributed by atoms with Crippen LogP contribution in [0, 0.1) is 0 Å². The smallest absolute Gasteiger partial charge is 0.296 e. The van der Waals surface area contributed by atoms with E-state index in [4.69, 9.17) is 4.74 Å². The Hall–Kier alpha value is -2.12. The van der Waals surface area contributed by atoms with E-state index in [1.54, 1.807) is 0 Å². The zero-order chi connectivity index (χ0) is 22.6. The second kappa shape index (κ2) is 13.3. The van der Waals surface area contributed by atoms with Crippen LogP contribution in [0.15, 0.2) is 41.3 Å². The standard InChI is InChI=1S/C20H29N5O2.B4/c1-3-27-15-7-10-21-19-18(24-13-11-23(2)12-14-24)16-22-25(20(19)26)17-8-5-4-6-9-17;1-4(2)3/h4-6,8-9,16,21H,3,7,10-15H2,1-2H3;. The first kappa shape index (κ1) is 25.1. The van der Waals surface area contributed by atoms with Gasteiger partial charge in [-0.25, -0.2) is 0 Å². The van der Waals surface area contributed by atoms with Crippen LogP contribution in [-0.4, -0.2) is 97.3 Å². The van der Waals surface area contributed by atoms with Crippen molar-refractivity contribution in [2.24, 2.45) is 0 Å². The van der Waals surface area contributed by atoms with Gasteiger partial charge in [-0.2, -0.15) is 9.78 Å². The summed E-state index contributed by atoms with van der Waals surface area (Å²) in [5.41, 5.74) is 2.16. The second-order valence-corrected chi connectivity index (χ2v) is 7.30. The summed E-state index contributed by atoms with van der Waals surface area (Å²) in [6.07, 6.45) is 1.99. The van der Waals surface area contributed by atoms with Gasteiger partial charge in [0.1, 0.15) is 5.69 Å². The zero-order valence-electron chi connectivity index (χ0n) is 18.5. The molecule has 0 aliphatic carbocycles. The minimum absolute atomic E-state index is 0.117. The molecule has 31 heavy (non-hydrogen) atoms. The molecule has 1 saturated heterocycles. The summed E-state index contributed by atoms with van der Waals surface area (Å²) in [5, 5.41) is 7.80. The molecule has 2 aromatic rings. The average molecular weight is 415 g/mol. The van der Waals surface area contributed by atoms with Crippen LogP contribution in [0.3, 0.4) is 0 Å². The van der Waals surface area contributed by atoms with Crippen molar-refractivity contribution in [1.29, 1.82) is 0 Å². The Morgan fingerprint density at radius 3 is 2.39 bits per heavy atom. The third-order valence-electron chi connectivity index (χ3n) is 4.77. The molecule has 1 fully saturated rings. The summed E-state index contributed by atoms with van der Waals surface area (Å²) < 4.78 is 6.86. The highest BCUT2D eigenvalue weighted by Crippen LogP contribution is 2.23. The second-order valence-electron chi connectivity index (χ2n) is 7.30. The van der Waals surface area contributed by atoms with Crippen molar-refractivity contribution in [3.05, 3.63) is 46.9 Å². The largest absolute Gasteiger partial charge is 0.382 e. The first-order valence-electron chi connectivity index (χ1n) is 10.6. The molecule has 0 bridgehead atoms. The summed E-state index contributed by atoms with van der Waals surface area (Å²) in [4.78, 5) is 17.7. The Morgan fingerprint density at radius 2 is 1.77 bits per heavy atom. The number of aromatic nitrogens is 2. The van der Waals surface area contributed by atoms with Crippen LogP contribution in [-0.2, 0) is 4.74 Å². The van der Waals surface area contributed by atoms with Crippen LogP contribution in [0.25, 0.3) is 5.69 Å². The molecule has 1 N–H and O–H groups in total. The van der Waals surface area contributed by atoms with Gasteiger partial charge in [-0.3, -0.25) is 4.79 Å². The van der Waals surface area contributed by atoms with Crippen molar-refractivity contribution in [3.63, 3.8) is 0 Å². The third-order valence-corrected chi connectivity index (χ3v) is 4.77. The van der Waals surface area contributed by atoms with E-state index >= 15 is 0 Å². The quantitative estimate of drug-likeness (QED) is 0.495. The van der Waals surface area contributed by atoms with Gasteiger partial charge in [-0.1, -0.05) is 18.2 Å². The van der Waals surface area contributed by atoms with Crippen molar-refractivity contribution < 1.29 is 4.74 Å². The molecule has 0 saturated carbocycles. The molecule has 0 spiro atoms. The lowest BCUT2D eigenvalue weighted by atomic mass is 9.08. The van der Waals surface area contributed by atoms with Crippen molar-refractivity contribution in [2.75, 3.05) is 63.2 Å². The van der Waals surface area contributed by atoms with E-state index < -0.39 is 6.39 Å². The maximum Gasteiger partial charge on any atom is 0.296 e. The van der Waals surface area contributed by atoms with Gasteiger partial charge in [0.2, 0.25) is 0 Å². The number of hydrogen-bond acceptors (Lipinski definition) is 6. The molecule has 1 aromatic carbocycles. The lowest BCUT2D eigenvalue weighted by Gasteiger charge is -2.34. The van der Waals surface area contributed by atoms with E-state index in [9.17, 15) is 4.79 Å². The van der Waals surface area contributed by atoms with Gasteiger partial charge in [0, 0.05) is 75.5 Å². The number of nitrogens with zero attached hydrogens (tertiary/aromatic N) is 4.